The lowest BCUT2D eigenvalue weighted by Gasteiger charge is -2.37. The van der Waals surface area contributed by atoms with E-state index in [9.17, 15) is 4.79 Å². The standard InChI is InChI=1S/C26H31N4O2/c1-5-29(6-2)26(31)20-9-7-19(8-10-20)25-23-12-11-22(32-4)15-21(23)13-14-30(25)16-24-18(3)27-17-28-24/h7-10,12,15,17,25H,5-6,13-14,16H2,1-4H3,(H,27,28). The first-order valence-electron chi connectivity index (χ1n) is 11.3. The van der Waals surface area contributed by atoms with Gasteiger partial charge in [-0.3, -0.25) is 9.69 Å². The number of nitrogens with one attached hydrogen (secondary N) is 1. The topological polar surface area (TPSA) is 61.5 Å². The Morgan fingerprint density at radius 3 is 2.66 bits per heavy atom. The van der Waals surface area contributed by atoms with Crippen LogP contribution in [-0.4, -0.2) is 52.4 Å². The largest absolute Gasteiger partial charge is 0.496 e. The molecule has 1 N–H and O–H groups in total. The van der Waals surface area contributed by atoms with Crippen molar-refractivity contribution in [3.05, 3.63) is 82.4 Å². The van der Waals surface area contributed by atoms with Gasteiger partial charge in [0.05, 0.1) is 25.2 Å². The molecule has 2 aromatic carbocycles. The van der Waals surface area contributed by atoms with Crippen LogP contribution in [0.4, 0.5) is 0 Å². The highest BCUT2D eigenvalue weighted by Gasteiger charge is 2.30. The first kappa shape index (κ1) is 22.1. The van der Waals surface area contributed by atoms with Crippen LogP contribution in [-0.2, 0) is 13.0 Å². The van der Waals surface area contributed by atoms with Crippen LogP contribution in [0.2, 0.25) is 0 Å². The summed E-state index contributed by atoms with van der Waals surface area (Å²) in [5.74, 6) is 0.840. The molecule has 3 aromatic rings. The number of aromatic amines is 1. The number of benzene rings is 2. The van der Waals surface area contributed by atoms with E-state index in [0.717, 1.165) is 47.8 Å². The van der Waals surface area contributed by atoms with Crippen molar-refractivity contribution >= 4 is 5.91 Å². The molecule has 0 spiro atoms. The van der Waals surface area contributed by atoms with Crippen LogP contribution >= 0.6 is 0 Å². The molecule has 2 heterocycles. The summed E-state index contributed by atoms with van der Waals surface area (Å²) in [6, 6.07) is 15.6. The van der Waals surface area contributed by atoms with Gasteiger partial charge in [-0.1, -0.05) is 12.1 Å². The Hall–Kier alpha value is -3.12. The van der Waals surface area contributed by atoms with Gasteiger partial charge < -0.3 is 14.6 Å². The Bertz CT molecular complexity index is 1070. The van der Waals surface area contributed by atoms with Gasteiger partial charge in [-0.15, -0.1) is 0 Å². The number of fused-ring (bicyclic) bond motifs is 1. The molecular formula is C26H31N4O2. The summed E-state index contributed by atoms with van der Waals surface area (Å²) in [6.07, 6.45) is 2.70. The highest BCUT2D eigenvalue weighted by Crippen LogP contribution is 2.37. The van der Waals surface area contributed by atoms with E-state index >= 15 is 0 Å². The summed E-state index contributed by atoms with van der Waals surface area (Å²) in [4.78, 5) is 24.8. The van der Waals surface area contributed by atoms with E-state index in [-0.39, 0.29) is 11.9 Å². The summed E-state index contributed by atoms with van der Waals surface area (Å²) in [5, 5.41) is 0. The molecule has 1 atom stereocenters. The molecule has 1 aromatic heterocycles. The van der Waals surface area contributed by atoms with E-state index in [1.54, 1.807) is 13.4 Å². The minimum atomic E-state index is 0.0645. The van der Waals surface area contributed by atoms with Gasteiger partial charge in [-0.05, 0) is 68.1 Å². The van der Waals surface area contributed by atoms with Crippen molar-refractivity contribution in [3.63, 3.8) is 0 Å². The second-order valence-electron chi connectivity index (χ2n) is 8.18. The number of H-pyrrole nitrogens is 1. The van der Waals surface area contributed by atoms with Crippen molar-refractivity contribution in [1.29, 1.82) is 0 Å². The number of methoxy groups -OCH3 is 1. The number of aryl methyl sites for hydroxylation is 1. The number of amides is 1. The zero-order chi connectivity index (χ0) is 22.7. The summed E-state index contributed by atoms with van der Waals surface area (Å²) >= 11 is 0. The quantitative estimate of drug-likeness (QED) is 0.610. The maximum absolute atomic E-state index is 12.8. The van der Waals surface area contributed by atoms with Crippen LogP contribution in [0.25, 0.3) is 0 Å². The first-order valence-corrected chi connectivity index (χ1v) is 11.3. The number of carbonyl (C=O) groups excluding carboxylic acids is 1. The van der Waals surface area contributed by atoms with Gasteiger partial charge in [0.1, 0.15) is 5.75 Å². The normalized spacial score (nSPS) is 15.9. The molecule has 1 aliphatic heterocycles. The number of nitrogens with zero attached hydrogens (tertiary/aromatic N) is 3. The third-order valence-electron chi connectivity index (χ3n) is 6.41. The molecule has 1 unspecified atom stereocenters. The molecular weight excluding hydrogens is 400 g/mol. The van der Waals surface area contributed by atoms with Crippen LogP contribution in [0.5, 0.6) is 5.75 Å². The highest BCUT2D eigenvalue weighted by molar-refractivity contribution is 5.94. The third-order valence-corrected chi connectivity index (χ3v) is 6.41. The highest BCUT2D eigenvalue weighted by atomic mass is 16.5. The number of rotatable bonds is 7. The molecule has 0 bridgehead atoms. The molecule has 1 aliphatic rings. The van der Waals surface area contributed by atoms with Crippen molar-refractivity contribution in [2.45, 2.75) is 39.8 Å². The number of imidazole rings is 1. The Balaban J connectivity index is 1.70. The van der Waals surface area contributed by atoms with E-state index < -0.39 is 0 Å². The zero-order valence-electron chi connectivity index (χ0n) is 19.3. The molecule has 32 heavy (non-hydrogen) atoms. The summed E-state index contributed by atoms with van der Waals surface area (Å²) in [6.45, 7) is 9.16. The Morgan fingerprint density at radius 1 is 1.28 bits per heavy atom. The fourth-order valence-electron chi connectivity index (χ4n) is 4.50. The summed E-state index contributed by atoms with van der Waals surface area (Å²) in [5.41, 5.74) is 6.55. The molecule has 6 nitrogen and oxygen atoms in total. The molecule has 0 aliphatic carbocycles. The minimum absolute atomic E-state index is 0.0645. The van der Waals surface area contributed by atoms with Gasteiger partial charge >= 0.3 is 0 Å². The zero-order valence-corrected chi connectivity index (χ0v) is 19.3. The predicted octanol–water partition coefficient (Wildman–Crippen LogP) is 4.16. The second kappa shape index (κ2) is 9.57. The third kappa shape index (κ3) is 4.28. The van der Waals surface area contributed by atoms with E-state index in [2.05, 4.69) is 52.1 Å². The average Bonchev–Trinajstić information content (AvgIpc) is 3.23. The fourth-order valence-corrected chi connectivity index (χ4v) is 4.50. The Kier molecular flexibility index (Phi) is 6.61. The number of hydrogen-bond donors (Lipinski definition) is 1. The van der Waals surface area contributed by atoms with E-state index in [0.29, 0.717) is 13.1 Å². The van der Waals surface area contributed by atoms with Crippen LogP contribution in [0.3, 0.4) is 0 Å². The maximum atomic E-state index is 12.8. The molecule has 1 radical (unpaired) electrons. The monoisotopic (exact) mass is 431 g/mol. The molecule has 0 saturated heterocycles. The molecule has 0 fully saturated rings. The maximum Gasteiger partial charge on any atom is 0.253 e. The smallest absolute Gasteiger partial charge is 0.253 e. The number of ether oxygens (including phenoxy) is 1. The van der Waals surface area contributed by atoms with E-state index in [1.165, 1.54) is 11.1 Å². The fraction of sp³-hybridized carbons (Fsp3) is 0.385. The Morgan fingerprint density at radius 2 is 2.03 bits per heavy atom. The van der Waals surface area contributed by atoms with Gasteiger partial charge in [0, 0.05) is 43.5 Å². The lowest BCUT2D eigenvalue weighted by Crippen LogP contribution is -2.36. The van der Waals surface area contributed by atoms with Gasteiger partial charge in [-0.2, -0.15) is 0 Å². The lowest BCUT2D eigenvalue weighted by molar-refractivity contribution is 0.0773. The first-order chi connectivity index (χ1) is 15.5. The number of carbonyl (C=O) groups is 1. The van der Waals surface area contributed by atoms with Crippen LogP contribution in [0, 0.1) is 13.0 Å². The summed E-state index contributed by atoms with van der Waals surface area (Å²) < 4.78 is 5.41. The minimum Gasteiger partial charge on any atom is -0.496 e. The molecule has 6 heteroatoms. The van der Waals surface area contributed by atoms with Crippen molar-refractivity contribution in [2.75, 3.05) is 26.7 Å². The average molecular weight is 432 g/mol. The van der Waals surface area contributed by atoms with Crippen molar-refractivity contribution in [1.82, 2.24) is 19.8 Å². The predicted molar refractivity (Wildman–Crippen MR) is 125 cm³/mol. The van der Waals surface area contributed by atoms with Gasteiger partial charge in [-0.25, -0.2) is 4.98 Å². The molecule has 4 rings (SSSR count). The molecule has 0 saturated carbocycles. The van der Waals surface area contributed by atoms with Crippen LogP contribution in [0.1, 0.15) is 58.3 Å². The van der Waals surface area contributed by atoms with Gasteiger partial charge in [0.15, 0.2) is 0 Å². The van der Waals surface area contributed by atoms with Crippen LogP contribution in [0.15, 0.2) is 42.7 Å². The van der Waals surface area contributed by atoms with Crippen LogP contribution < -0.4 is 4.74 Å². The second-order valence-corrected chi connectivity index (χ2v) is 8.18. The van der Waals surface area contributed by atoms with Crippen molar-refractivity contribution in [3.8, 4) is 5.75 Å². The van der Waals surface area contributed by atoms with E-state index in [1.807, 2.05) is 30.9 Å². The lowest BCUT2D eigenvalue weighted by atomic mass is 9.87. The van der Waals surface area contributed by atoms with Gasteiger partial charge in [0.25, 0.3) is 5.91 Å². The Labute approximate surface area is 190 Å². The SMILES string of the molecule is CCN(CC)C(=O)c1ccc(C2c3c[c]c(OC)cc3CCN2Cc2nc[nH]c2C)cc1. The van der Waals surface area contributed by atoms with Gasteiger partial charge in [0.2, 0.25) is 0 Å². The number of hydrogen-bond acceptors (Lipinski definition) is 4. The molecule has 1 amide bonds. The molecule has 167 valence electrons. The van der Waals surface area contributed by atoms with Crippen molar-refractivity contribution in [2.24, 2.45) is 0 Å². The van der Waals surface area contributed by atoms with Crippen molar-refractivity contribution < 1.29 is 9.53 Å². The number of aromatic nitrogens is 2. The summed E-state index contributed by atoms with van der Waals surface area (Å²) in [7, 11) is 1.68. The van der Waals surface area contributed by atoms with E-state index in [4.69, 9.17) is 4.74 Å².